The Labute approximate surface area is 232 Å². The highest BCUT2D eigenvalue weighted by Crippen LogP contribution is 2.29. The van der Waals surface area contributed by atoms with Crippen molar-refractivity contribution in [3.05, 3.63) is 29.8 Å². The first-order valence-electron chi connectivity index (χ1n) is 13.7. The number of hydrogen-bond donors (Lipinski definition) is 4. The van der Waals surface area contributed by atoms with E-state index < -0.39 is 36.6 Å². The lowest BCUT2D eigenvalue weighted by Gasteiger charge is -2.38. The van der Waals surface area contributed by atoms with Gasteiger partial charge in [-0.2, -0.15) is 0 Å². The van der Waals surface area contributed by atoms with Gasteiger partial charge in [-0.15, -0.1) is 0 Å². The number of nitrogens with zero attached hydrogens (tertiary/aromatic N) is 3. The highest BCUT2D eigenvalue weighted by atomic mass is 16.5. The summed E-state index contributed by atoms with van der Waals surface area (Å²) in [6.07, 6.45) is -4.75. The van der Waals surface area contributed by atoms with Gasteiger partial charge in [0, 0.05) is 58.0 Å². The summed E-state index contributed by atoms with van der Waals surface area (Å²) in [7, 11) is 1.40. The largest absolute Gasteiger partial charge is 0.508 e. The third kappa shape index (κ3) is 6.24. The van der Waals surface area contributed by atoms with Crippen LogP contribution in [0.25, 0.3) is 0 Å². The summed E-state index contributed by atoms with van der Waals surface area (Å²) >= 11 is 0. The maximum atomic E-state index is 13.9. The Bertz CT molecular complexity index is 1090. The average Bonchev–Trinajstić information content (AvgIpc) is 3.44. The average molecular weight is 563 g/mol. The van der Waals surface area contributed by atoms with Crippen molar-refractivity contribution in [3.63, 3.8) is 0 Å². The number of phenolic OH excluding ortho intramolecular Hbond substituents is 1. The molecular formula is C27H38N4O9. The number of ether oxygens (including phenoxy) is 3. The number of aliphatic hydroxyl groups excluding tert-OH is 2. The van der Waals surface area contributed by atoms with Crippen molar-refractivity contribution in [2.24, 2.45) is 0 Å². The number of likely N-dealkylation sites (tertiary alicyclic amines) is 1. The van der Waals surface area contributed by atoms with E-state index in [1.807, 2.05) is 11.0 Å². The van der Waals surface area contributed by atoms with E-state index in [9.17, 15) is 29.7 Å². The van der Waals surface area contributed by atoms with Gasteiger partial charge in [-0.1, -0.05) is 18.2 Å². The Morgan fingerprint density at radius 1 is 1.10 bits per heavy atom. The maximum absolute atomic E-state index is 13.9. The van der Waals surface area contributed by atoms with Gasteiger partial charge in [-0.05, 0) is 12.5 Å². The number of rotatable bonds is 4. The van der Waals surface area contributed by atoms with Crippen LogP contribution in [0.4, 0.5) is 0 Å². The summed E-state index contributed by atoms with van der Waals surface area (Å²) in [5.74, 6) is -0.693. The minimum absolute atomic E-state index is 0.0358. The maximum Gasteiger partial charge on any atom is 0.248 e. The zero-order valence-electron chi connectivity index (χ0n) is 22.6. The summed E-state index contributed by atoms with van der Waals surface area (Å²) in [6, 6.07) is 6.08. The number of benzene rings is 1. The van der Waals surface area contributed by atoms with E-state index >= 15 is 0 Å². The van der Waals surface area contributed by atoms with Gasteiger partial charge in [0.05, 0.1) is 31.3 Å². The fraction of sp³-hybridized carbons (Fsp3) is 0.667. The zero-order chi connectivity index (χ0) is 28.4. The Morgan fingerprint density at radius 2 is 1.88 bits per heavy atom. The molecule has 4 fully saturated rings. The SMILES string of the molecule is COCC(=O)N1C[C@@H]2CN(CCO2)C(=O)[C@@H]2C[C@@H](CN2Cc2ccccc2O)NC(=O)C[C@@H]2O[C@H](C1)[C@@H](O)[C@H]2O. The fourth-order valence-electron chi connectivity index (χ4n) is 6.11. The number of para-hydroxylation sites is 1. The number of morpholine rings is 1. The Morgan fingerprint density at radius 3 is 2.65 bits per heavy atom. The van der Waals surface area contributed by atoms with Crippen molar-refractivity contribution in [2.45, 2.75) is 62.0 Å². The van der Waals surface area contributed by atoms with E-state index in [4.69, 9.17) is 14.2 Å². The van der Waals surface area contributed by atoms with E-state index in [0.717, 1.165) is 0 Å². The molecular weight excluding hydrogens is 524 g/mol. The smallest absolute Gasteiger partial charge is 0.248 e. The lowest BCUT2D eigenvalue weighted by Crippen LogP contribution is -2.55. The number of aromatic hydroxyl groups is 1. The molecule has 3 amide bonds. The van der Waals surface area contributed by atoms with Crippen molar-refractivity contribution in [2.75, 3.05) is 53.0 Å². The Balaban J connectivity index is 1.42. The van der Waals surface area contributed by atoms with Gasteiger partial charge in [0.2, 0.25) is 17.7 Å². The number of carbonyl (C=O) groups is 3. The lowest BCUT2D eigenvalue weighted by molar-refractivity contribution is -0.148. The minimum Gasteiger partial charge on any atom is -0.508 e. The molecule has 4 aliphatic rings. The molecule has 4 aliphatic heterocycles. The van der Waals surface area contributed by atoms with Crippen molar-refractivity contribution >= 4 is 17.7 Å². The van der Waals surface area contributed by atoms with Crippen molar-refractivity contribution in [1.82, 2.24) is 20.0 Å². The molecule has 0 saturated carbocycles. The van der Waals surface area contributed by atoms with Crippen LogP contribution in [0, 0.1) is 0 Å². The minimum atomic E-state index is -1.30. The molecule has 0 spiro atoms. The lowest BCUT2D eigenvalue weighted by atomic mass is 10.0. The van der Waals surface area contributed by atoms with Gasteiger partial charge in [-0.25, -0.2) is 0 Å². The third-order valence-corrected chi connectivity index (χ3v) is 8.16. The molecule has 13 nitrogen and oxygen atoms in total. The summed E-state index contributed by atoms with van der Waals surface area (Å²) in [4.78, 5) is 44.9. The van der Waals surface area contributed by atoms with Crippen molar-refractivity contribution < 1.29 is 43.9 Å². The predicted octanol–water partition coefficient (Wildman–Crippen LogP) is -1.95. The summed E-state index contributed by atoms with van der Waals surface area (Å²) in [5, 5.41) is 34.6. The molecule has 13 heteroatoms. The molecule has 220 valence electrons. The molecule has 6 bridgehead atoms. The van der Waals surface area contributed by atoms with E-state index in [1.165, 1.54) is 12.0 Å². The Hall–Kier alpha value is -2.81. The standard InChI is InChI=1S/C27H38N4O9/c1-38-15-24(34)31-13-18-12-29(6-7-39-18)27(37)19-8-17(11-30(19)10-16-4-2-3-5-20(16)32)28-23(33)9-21-25(35)26(36)22(14-31)40-21/h2-5,17-19,21-22,25-26,32,35-36H,6-15H2,1H3,(H,28,33)/t17-,18-,19-,21-,22+,25-,26+/m0/s1. The fourth-order valence-corrected chi connectivity index (χ4v) is 6.11. The highest BCUT2D eigenvalue weighted by Gasteiger charge is 2.46. The molecule has 1 aromatic rings. The van der Waals surface area contributed by atoms with Gasteiger partial charge in [0.1, 0.15) is 30.7 Å². The molecule has 40 heavy (non-hydrogen) atoms. The van der Waals surface area contributed by atoms with Crippen LogP contribution in [0.3, 0.4) is 0 Å². The van der Waals surface area contributed by atoms with Gasteiger partial charge in [0.25, 0.3) is 0 Å². The van der Waals surface area contributed by atoms with Crippen LogP contribution in [-0.2, 0) is 35.1 Å². The quantitative estimate of drug-likeness (QED) is 0.325. The van der Waals surface area contributed by atoms with Gasteiger partial charge in [0.15, 0.2) is 0 Å². The second-order valence-corrected chi connectivity index (χ2v) is 11.0. The van der Waals surface area contributed by atoms with Crippen LogP contribution in [0.1, 0.15) is 18.4 Å². The van der Waals surface area contributed by atoms with Crippen LogP contribution in [-0.4, -0.2) is 143 Å². The summed E-state index contributed by atoms with van der Waals surface area (Å²) in [6.45, 7) is 1.55. The van der Waals surface area contributed by atoms with Crippen LogP contribution in [0.5, 0.6) is 5.75 Å². The first-order chi connectivity index (χ1) is 19.2. The molecule has 4 saturated heterocycles. The molecule has 4 N–H and O–H groups in total. The number of methoxy groups -OCH3 is 1. The molecule has 5 rings (SSSR count). The third-order valence-electron chi connectivity index (χ3n) is 8.16. The van der Waals surface area contributed by atoms with Crippen LogP contribution < -0.4 is 5.32 Å². The van der Waals surface area contributed by atoms with E-state index in [0.29, 0.717) is 38.2 Å². The van der Waals surface area contributed by atoms with Gasteiger partial charge in [-0.3, -0.25) is 19.3 Å². The molecule has 0 aliphatic carbocycles. The molecule has 1 aromatic carbocycles. The molecule has 4 heterocycles. The van der Waals surface area contributed by atoms with Crippen LogP contribution in [0.15, 0.2) is 24.3 Å². The number of nitrogens with one attached hydrogen (secondary N) is 1. The predicted molar refractivity (Wildman–Crippen MR) is 139 cm³/mol. The van der Waals surface area contributed by atoms with Gasteiger partial charge < -0.3 is 44.6 Å². The summed E-state index contributed by atoms with van der Waals surface area (Å²) in [5.41, 5.74) is 0.674. The van der Waals surface area contributed by atoms with E-state index in [1.54, 1.807) is 23.1 Å². The number of aliphatic hydroxyl groups is 2. The van der Waals surface area contributed by atoms with Gasteiger partial charge >= 0.3 is 0 Å². The first-order valence-corrected chi connectivity index (χ1v) is 13.7. The van der Waals surface area contributed by atoms with Crippen molar-refractivity contribution in [1.29, 1.82) is 0 Å². The molecule has 0 radical (unpaired) electrons. The monoisotopic (exact) mass is 562 g/mol. The van der Waals surface area contributed by atoms with Crippen LogP contribution >= 0.6 is 0 Å². The highest BCUT2D eigenvalue weighted by molar-refractivity contribution is 5.83. The number of carbonyl (C=O) groups excluding carboxylic acids is 3. The topological polar surface area (TPSA) is 161 Å². The van der Waals surface area contributed by atoms with Crippen molar-refractivity contribution in [3.8, 4) is 5.75 Å². The summed E-state index contributed by atoms with van der Waals surface area (Å²) < 4.78 is 16.9. The zero-order valence-corrected chi connectivity index (χ0v) is 22.6. The van der Waals surface area contributed by atoms with E-state index in [2.05, 4.69) is 5.32 Å². The second kappa shape index (κ2) is 12.4. The number of amides is 3. The number of fused-ring (bicyclic) bond motifs is 6. The normalized spacial score (nSPS) is 33.7. The molecule has 0 unspecified atom stereocenters. The Kier molecular flexibility index (Phi) is 8.88. The first kappa shape index (κ1) is 28.7. The van der Waals surface area contributed by atoms with Crippen LogP contribution in [0.2, 0.25) is 0 Å². The molecule has 7 atom stereocenters. The van der Waals surface area contributed by atoms with E-state index in [-0.39, 0.29) is 62.2 Å². The number of phenols is 1. The second-order valence-electron chi connectivity index (χ2n) is 11.0. The number of hydrogen-bond acceptors (Lipinski definition) is 10. The molecule has 0 aromatic heterocycles.